The van der Waals surface area contributed by atoms with Gasteiger partial charge in [-0.3, -0.25) is 14.9 Å². The first-order valence-corrected chi connectivity index (χ1v) is 5.99. The van der Waals surface area contributed by atoms with Crippen LogP contribution >= 0.6 is 0 Å². The van der Waals surface area contributed by atoms with Crippen LogP contribution in [0, 0.1) is 17.0 Å². The quantitative estimate of drug-likeness (QED) is 0.619. The molecule has 1 rings (SSSR count). The van der Waals surface area contributed by atoms with Crippen molar-refractivity contribution in [1.82, 2.24) is 9.78 Å². The fraction of sp³-hybridized carbons (Fsp3) is 0.636. The lowest BCUT2D eigenvalue weighted by molar-refractivity contribution is -0.384. The molecule has 0 aliphatic rings. The maximum absolute atomic E-state index is 11.2. The third kappa shape index (κ3) is 3.01. The van der Waals surface area contributed by atoms with Gasteiger partial charge < -0.3 is 10.0 Å². The topological polar surface area (TPSA) is 101 Å². The van der Waals surface area contributed by atoms with Crippen LogP contribution in [0.15, 0.2) is 0 Å². The zero-order chi connectivity index (χ0) is 14.7. The van der Waals surface area contributed by atoms with E-state index in [1.807, 2.05) is 0 Å². The van der Waals surface area contributed by atoms with Crippen LogP contribution in [0.1, 0.15) is 26.5 Å². The van der Waals surface area contributed by atoms with Gasteiger partial charge in [0.05, 0.1) is 4.92 Å². The molecule has 8 nitrogen and oxygen atoms in total. The summed E-state index contributed by atoms with van der Waals surface area (Å²) < 4.78 is 1.47. The van der Waals surface area contributed by atoms with Gasteiger partial charge in [-0.1, -0.05) is 0 Å². The first-order chi connectivity index (χ1) is 8.79. The summed E-state index contributed by atoms with van der Waals surface area (Å²) in [5.41, 5.74) is 0.162. The van der Waals surface area contributed by atoms with E-state index in [4.69, 9.17) is 5.11 Å². The maximum Gasteiger partial charge on any atom is 0.333 e. The monoisotopic (exact) mass is 270 g/mol. The van der Waals surface area contributed by atoms with Crippen molar-refractivity contribution in [2.75, 3.05) is 11.4 Å². The summed E-state index contributed by atoms with van der Waals surface area (Å²) >= 11 is 0. The molecule has 0 aliphatic carbocycles. The third-order valence-corrected chi connectivity index (χ3v) is 2.75. The first-order valence-electron chi connectivity index (χ1n) is 5.99. The highest BCUT2D eigenvalue weighted by Crippen LogP contribution is 2.32. The Morgan fingerprint density at radius 1 is 1.58 bits per heavy atom. The van der Waals surface area contributed by atoms with Crippen molar-refractivity contribution in [3.63, 3.8) is 0 Å². The number of nitrogens with zero attached hydrogens (tertiary/aromatic N) is 4. The summed E-state index contributed by atoms with van der Waals surface area (Å²) in [4.78, 5) is 23.1. The standard InChI is InChI=1S/C11H18N4O4/c1-5-14-11(10(15(18)19)8(4)12-14)13(7(2)3)6-9(16)17/h7H,5-6H2,1-4H3,(H,16,17). The molecule has 0 bridgehead atoms. The van der Waals surface area contributed by atoms with Crippen molar-refractivity contribution in [3.05, 3.63) is 15.8 Å². The molecule has 1 aromatic heterocycles. The lowest BCUT2D eigenvalue weighted by Crippen LogP contribution is -2.37. The maximum atomic E-state index is 11.2. The SMILES string of the molecule is CCn1nc(C)c([N+](=O)[O-])c1N(CC(=O)O)C(C)C. The van der Waals surface area contributed by atoms with Crippen LogP contribution in [-0.2, 0) is 11.3 Å². The third-order valence-electron chi connectivity index (χ3n) is 2.75. The van der Waals surface area contributed by atoms with Crippen LogP contribution in [0.5, 0.6) is 0 Å². The summed E-state index contributed by atoms with van der Waals surface area (Å²) in [5.74, 6) is -0.785. The second-order valence-electron chi connectivity index (χ2n) is 4.45. The number of carboxylic acids is 1. The molecule has 0 fully saturated rings. The number of hydrogen-bond acceptors (Lipinski definition) is 5. The fourth-order valence-corrected chi connectivity index (χ4v) is 1.93. The first kappa shape index (κ1) is 14.9. The van der Waals surface area contributed by atoms with E-state index >= 15 is 0 Å². The number of aromatic nitrogens is 2. The number of carbonyl (C=O) groups is 1. The lowest BCUT2D eigenvalue weighted by Gasteiger charge is -2.26. The fourth-order valence-electron chi connectivity index (χ4n) is 1.93. The van der Waals surface area contributed by atoms with Crippen LogP contribution in [-0.4, -0.2) is 38.4 Å². The molecule has 0 unspecified atom stereocenters. The predicted octanol–water partition coefficient (Wildman–Crippen LogP) is 1.42. The predicted molar refractivity (Wildman–Crippen MR) is 69.4 cm³/mol. The van der Waals surface area contributed by atoms with Crippen molar-refractivity contribution in [2.45, 2.75) is 40.3 Å². The molecule has 1 heterocycles. The molecule has 19 heavy (non-hydrogen) atoms. The Labute approximate surface area is 110 Å². The average Bonchev–Trinajstić information content (AvgIpc) is 2.62. The molecule has 0 amide bonds. The average molecular weight is 270 g/mol. The molecule has 0 atom stereocenters. The van der Waals surface area contributed by atoms with Gasteiger partial charge in [-0.2, -0.15) is 5.10 Å². The molecule has 0 aromatic carbocycles. The van der Waals surface area contributed by atoms with Gasteiger partial charge in [0.2, 0.25) is 5.82 Å². The van der Waals surface area contributed by atoms with Crippen molar-refractivity contribution in [3.8, 4) is 0 Å². The molecule has 1 aromatic rings. The van der Waals surface area contributed by atoms with E-state index in [9.17, 15) is 14.9 Å². The highest BCUT2D eigenvalue weighted by atomic mass is 16.6. The van der Waals surface area contributed by atoms with Gasteiger partial charge in [0.25, 0.3) is 0 Å². The minimum absolute atomic E-state index is 0.128. The number of aryl methyl sites for hydroxylation is 2. The van der Waals surface area contributed by atoms with Gasteiger partial charge in [-0.05, 0) is 27.7 Å². The van der Waals surface area contributed by atoms with E-state index in [2.05, 4.69) is 5.10 Å². The van der Waals surface area contributed by atoms with Crippen LogP contribution in [0.2, 0.25) is 0 Å². The second-order valence-corrected chi connectivity index (χ2v) is 4.45. The van der Waals surface area contributed by atoms with Gasteiger partial charge in [0, 0.05) is 12.6 Å². The Kier molecular flexibility index (Phi) is 4.47. The molecular formula is C11H18N4O4. The van der Waals surface area contributed by atoms with E-state index < -0.39 is 10.9 Å². The van der Waals surface area contributed by atoms with E-state index in [0.29, 0.717) is 6.54 Å². The molecule has 0 saturated heterocycles. The number of carboxylic acid groups (broad SMARTS) is 1. The summed E-state index contributed by atoms with van der Waals surface area (Å²) in [5, 5.41) is 24.2. The summed E-state index contributed by atoms with van der Waals surface area (Å²) in [6.07, 6.45) is 0. The number of rotatable bonds is 6. The Morgan fingerprint density at radius 2 is 2.16 bits per heavy atom. The Balaban J connectivity index is 3.42. The Bertz CT molecular complexity index is 495. The Morgan fingerprint density at radius 3 is 2.53 bits per heavy atom. The molecule has 0 saturated carbocycles. The van der Waals surface area contributed by atoms with E-state index in [1.54, 1.807) is 27.7 Å². The number of nitro groups is 1. The summed E-state index contributed by atoms with van der Waals surface area (Å²) in [6.45, 7) is 7.06. The number of hydrogen-bond donors (Lipinski definition) is 1. The van der Waals surface area contributed by atoms with Gasteiger partial charge in [0.1, 0.15) is 12.2 Å². The number of anilines is 1. The molecule has 8 heteroatoms. The van der Waals surface area contributed by atoms with Crippen molar-refractivity contribution in [1.29, 1.82) is 0 Å². The van der Waals surface area contributed by atoms with E-state index in [1.165, 1.54) is 9.58 Å². The minimum Gasteiger partial charge on any atom is -0.480 e. The van der Waals surface area contributed by atoms with Crippen LogP contribution in [0.25, 0.3) is 0 Å². The minimum atomic E-state index is -1.04. The van der Waals surface area contributed by atoms with Crippen LogP contribution in [0.4, 0.5) is 11.5 Å². The normalized spacial score (nSPS) is 10.8. The largest absolute Gasteiger partial charge is 0.480 e. The second kappa shape index (κ2) is 5.68. The molecular weight excluding hydrogens is 252 g/mol. The van der Waals surface area contributed by atoms with Crippen molar-refractivity contribution in [2.24, 2.45) is 0 Å². The zero-order valence-corrected chi connectivity index (χ0v) is 11.5. The number of aliphatic carboxylic acids is 1. The zero-order valence-electron chi connectivity index (χ0n) is 11.5. The van der Waals surface area contributed by atoms with E-state index in [-0.39, 0.29) is 29.8 Å². The summed E-state index contributed by atoms with van der Waals surface area (Å²) in [6, 6.07) is -0.184. The molecule has 0 spiro atoms. The van der Waals surface area contributed by atoms with Gasteiger partial charge in [-0.25, -0.2) is 4.68 Å². The van der Waals surface area contributed by atoms with Crippen LogP contribution < -0.4 is 4.90 Å². The lowest BCUT2D eigenvalue weighted by atomic mass is 10.2. The van der Waals surface area contributed by atoms with Gasteiger partial charge in [0.15, 0.2) is 0 Å². The highest BCUT2D eigenvalue weighted by Gasteiger charge is 2.31. The highest BCUT2D eigenvalue weighted by molar-refractivity contribution is 5.75. The van der Waals surface area contributed by atoms with Gasteiger partial charge in [-0.15, -0.1) is 0 Å². The molecule has 1 N–H and O–H groups in total. The smallest absolute Gasteiger partial charge is 0.333 e. The summed E-state index contributed by atoms with van der Waals surface area (Å²) in [7, 11) is 0. The van der Waals surface area contributed by atoms with Crippen molar-refractivity contribution < 1.29 is 14.8 Å². The van der Waals surface area contributed by atoms with Crippen molar-refractivity contribution >= 4 is 17.5 Å². The molecule has 106 valence electrons. The van der Waals surface area contributed by atoms with Crippen LogP contribution in [0.3, 0.4) is 0 Å². The molecule has 0 aliphatic heterocycles. The molecule has 0 radical (unpaired) electrons. The van der Waals surface area contributed by atoms with Gasteiger partial charge >= 0.3 is 11.7 Å². The van der Waals surface area contributed by atoms with E-state index in [0.717, 1.165) is 0 Å². The Hall–Kier alpha value is -2.12.